The molecule has 19 heavy (non-hydrogen) atoms. The van der Waals surface area contributed by atoms with Gasteiger partial charge in [-0.15, -0.1) is 0 Å². The topological polar surface area (TPSA) is 23.6 Å². The van der Waals surface area contributed by atoms with Crippen molar-refractivity contribution in [2.24, 2.45) is 5.92 Å². The summed E-state index contributed by atoms with van der Waals surface area (Å²) in [6.45, 7) is 10.9. The first-order chi connectivity index (χ1) is 8.84. The smallest absolute Gasteiger partial charge is 0.222 e. The van der Waals surface area contributed by atoms with Crippen LogP contribution in [0.2, 0.25) is 0 Å². The zero-order chi connectivity index (χ0) is 14.8. The van der Waals surface area contributed by atoms with E-state index in [9.17, 15) is 4.79 Å². The van der Waals surface area contributed by atoms with E-state index in [0.717, 1.165) is 38.3 Å². The van der Waals surface area contributed by atoms with Crippen molar-refractivity contribution in [2.75, 3.05) is 27.2 Å². The Kier molecular flexibility index (Phi) is 9.94. The lowest BCUT2D eigenvalue weighted by Crippen LogP contribution is -2.29. The molecule has 0 bridgehead atoms. The molecule has 0 saturated carbocycles. The van der Waals surface area contributed by atoms with Crippen molar-refractivity contribution in [3.05, 3.63) is 0 Å². The summed E-state index contributed by atoms with van der Waals surface area (Å²) >= 11 is 0. The van der Waals surface area contributed by atoms with Crippen LogP contribution in [0, 0.1) is 5.92 Å². The fourth-order valence-electron chi connectivity index (χ4n) is 1.95. The summed E-state index contributed by atoms with van der Waals surface area (Å²) in [5.74, 6) is 1.03. The van der Waals surface area contributed by atoms with E-state index in [4.69, 9.17) is 0 Å². The van der Waals surface area contributed by atoms with Gasteiger partial charge in [0.15, 0.2) is 0 Å². The predicted molar refractivity (Wildman–Crippen MR) is 83.3 cm³/mol. The Balaban J connectivity index is 3.62. The van der Waals surface area contributed by atoms with Gasteiger partial charge in [0.05, 0.1) is 0 Å². The maximum atomic E-state index is 11.9. The fourth-order valence-corrected chi connectivity index (χ4v) is 1.95. The normalized spacial score (nSPS) is 11.6. The maximum absolute atomic E-state index is 11.9. The summed E-state index contributed by atoms with van der Waals surface area (Å²) in [7, 11) is 4.08. The molecule has 0 N–H and O–H groups in total. The molecule has 0 aromatic heterocycles. The molecule has 1 amide bonds. The van der Waals surface area contributed by atoms with E-state index >= 15 is 0 Å². The summed E-state index contributed by atoms with van der Waals surface area (Å²) in [5.41, 5.74) is 0. The van der Waals surface area contributed by atoms with Crippen LogP contribution >= 0.6 is 0 Å². The molecule has 0 saturated heterocycles. The van der Waals surface area contributed by atoms with Gasteiger partial charge in [-0.1, -0.05) is 13.8 Å². The van der Waals surface area contributed by atoms with Crippen molar-refractivity contribution < 1.29 is 4.79 Å². The lowest BCUT2D eigenvalue weighted by atomic mass is 10.1. The van der Waals surface area contributed by atoms with Crippen molar-refractivity contribution in [3.8, 4) is 0 Å². The molecule has 0 rings (SSSR count). The van der Waals surface area contributed by atoms with Gasteiger partial charge < -0.3 is 9.80 Å². The second kappa shape index (κ2) is 10.2. The Labute approximate surface area is 120 Å². The van der Waals surface area contributed by atoms with Gasteiger partial charge in [0, 0.05) is 26.1 Å². The summed E-state index contributed by atoms with van der Waals surface area (Å²) in [4.78, 5) is 16.1. The minimum Gasteiger partial charge on any atom is -0.346 e. The zero-order valence-electron chi connectivity index (χ0n) is 13.9. The molecule has 3 heteroatoms. The van der Waals surface area contributed by atoms with E-state index < -0.39 is 0 Å². The quantitative estimate of drug-likeness (QED) is 0.568. The maximum Gasteiger partial charge on any atom is 0.222 e. The van der Waals surface area contributed by atoms with Crippen LogP contribution in [0.1, 0.15) is 59.8 Å². The summed E-state index contributed by atoms with van der Waals surface area (Å²) in [6, 6.07) is 0.592. The molecule has 0 aliphatic carbocycles. The van der Waals surface area contributed by atoms with Crippen LogP contribution in [0.4, 0.5) is 0 Å². The van der Waals surface area contributed by atoms with Crippen LogP contribution in [-0.4, -0.2) is 48.9 Å². The molecule has 0 spiro atoms. The largest absolute Gasteiger partial charge is 0.346 e. The van der Waals surface area contributed by atoms with Gasteiger partial charge in [-0.3, -0.25) is 4.79 Å². The number of rotatable bonds is 10. The molecule has 0 fully saturated rings. The highest BCUT2D eigenvalue weighted by atomic mass is 16.2. The van der Waals surface area contributed by atoms with Crippen molar-refractivity contribution >= 4 is 5.91 Å². The fraction of sp³-hybridized carbons (Fsp3) is 0.938. The highest BCUT2D eigenvalue weighted by Crippen LogP contribution is 2.06. The Morgan fingerprint density at radius 1 is 0.947 bits per heavy atom. The molecular weight excluding hydrogens is 236 g/mol. The van der Waals surface area contributed by atoms with E-state index in [2.05, 4.69) is 39.6 Å². The van der Waals surface area contributed by atoms with E-state index in [-0.39, 0.29) is 0 Å². The first kappa shape index (κ1) is 18.4. The van der Waals surface area contributed by atoms with Crippen LogP contribution in [-0.2, 0) is 4.79 Å². The number of amides is 1. The van der Waals surface area contributed by atoms with Gasteiger partial charge in [-0.2, -0.15) is 0 Å². The molecule has 114 valence electrons. The SMILES string of the molecule is CC(C)CCCN(C)C(=O)CCCCN(C)C(C)C. The van der Waals surface area contributed by atoms with E-state index in [1.807, 2.05) is 11.9 Å². The van der Waals surface area contributed by atoms with Crippen molar-refractivity contribution in [3.63, 3.8) is 0 Å². The molecule has 0 aliphatic rings. The Hall–Kier alpha value is -0.570. The summed E-state index contributed by atoms with van der Waals surface area (Å²) in [6.07, 6.45) is 5.14. The molecular formula is C16H34N2O. The zero-order valence-corrected chi connectivity index (χ0v) is 13.9. The first-order valence-corrected chi connectivity index (χ1v) is 7.78. The molecule has 0 radical (unpaired) electrons. The van der Waals surface area contributed by atoms with E-state index in [1.165, 1.54) is 6.42 Å². The van der Waals surface area contributed by atoms with Crippen molar-refractivity contribution in [2.45, 2.75) is 65.8 Å². The Morgan fingerprint density at radius 2 is 1.58 bits per heavy atom. The number of nitrogens with zero attached hydrogens (tertiary/aromatic N) is 2. The molecule has 0 aliphatic heterocycles. The Bertz CT molecular complexity index is 239. The molecule has 0 heterocycles. The second-order valence-electron chi connectivity index (χ2n) is 6.38. The predicted octanol–water partition coefficient (Wildman–Crippen LogP) is 3.39. The van der Waals surface area contributed by atoms with E-state index in [0.29, 0.717) is 18.4 Å². The van der Waals surface area contributed by atoms with Gasteiger partial charge in [0.1, 0.15) is 0 Å². The number of unbranched alkanes of at least 4 members (excludes halogenated alkanes) is 1. The molecule has 0 atom stereocenters. The second-order valence-corrected chi connectivity index (χ2v) is 6.38. The van der Waals surface area contributed by atoms with Gasteiger partial charge >= 0.3 is 0 Å². The standard InChI is InChI=1S/C16H34N2O/c1-14(2)10-9-13-18(6)16(19)11-7-8-12-17(5)15(3)4/h14-15H,7-13H2,1-6H3. The highest BCUT2D eigenvalue weighted by molar-refractivity contribution is 5.75. The Morgan fingerprint density at radius 3 is 2.11 bits per heavy atom. The first-order valence-electron chi connectivity index (χ1n) is 7.78. The van der Waals surface area contributed by atoms with Gasteiger partial charge in [-0.25, -0.2) is 0 Å². The monoisotopic (exact) mass is 270 g/mol. The van der Waals surface area contributed by atoms with Gasteiger partial charge in [-0.05, 0) is 59.0 Å². The third-order valence-electron chi connectivity index (χ3n) is 3.73. The minimum atomic E-state index is 0.302. The minimum absolute atomic E-state index is 0.302. The molecule has 0 aromatic rings. The van der Waals surface area contributed by atoms with Crippen molar-refractivity contribution in [1.29, 1.82) is 0 Å². The lowest BCUT2D eigenvalue weighted by molar-refractivity contribution is -0.130. The molecule has 3 nitrogen and oxygen atoms in total. The number of hydrogen-bond acceptors (Lipinski definition) is 2. The lowest BCUT2D eigenvalue weighted by Gasteiger charge is -2.21. The van der Waals surface area contributed by atoms with E-state index in [1.54, 1.807) is 0 Å². The van der Waals surface area contributed by atoms with Crippen LogP contribution in [0.3, 0.4) is 0 Å². The average molecular weight is 270 g/mol. The van der Waals surface area contributed by atoms with Crippen LogP contribution in [0.15, 0.2) is 0 Å². The molecule has 0 unspecified atom stereocenters. The van der Waals surface area contributed by atoms with Crippen molar-refractivity contribution in [1.82, 2.24) is 9.80 Å². The van der Waals surface area contributed by atoms with Crippen LogP contribution in [0.25, 0.3) is 0 Å². The summed E-state index contributed by atoms with van der Waals surface area (Å²) < 4.78 is 0. The third-order valence-corrected chi connectivity index (χ3v) is 3.73. The number of hydrogen-bond donors (Lipinski definition) is 0. The summed E-state index contributed by atoms with van der Waals surface area (Å²) in [5, 5.41) is 0. The van der Waals surface area contributed by atoms with Crippen LogP contribution in [0.5, 0.6) is 0 Å². The highest BCUT2D eigenvalue weighted by Gasteiger charge is 2.09. The molecule has 0 aromatic carbocycles. The number of carbonyl (C=O) groups is 1. The number of carbonyl (C=O) groups excluding carboxylic acids is 1. The average Bonchev–Trinajstić information content (AvgIpc) is 2.33. The van der Waals surface area contributed by atoms with Gasteiger partial charge in [0.25, 0.3) is 0 Å². The third kappa shape index (κ3) is 9.94. The van der Waals surface area contributed by atoms with Crippen LogP contribution < -0.4 is 0 Å². The van der Waals surface area contributed by atoms with Gasteiger partial charge in [0.2, 0.25) is 5.91 Å².